The number of thiazole rings is 1. The van der Waals surface area contributed by atoms with E-state index in [1.54, 1.807) is 11.3 Å². The van der Waals surface area contributed by atoms with E-state index >= 15 is 0 Å². The Labute approximate surface area is 165 Å². The van der Waals surface area contributed by atoms with Gasteiger partial charge in [-0.15, -0.1) is 11.3 Å². The zero-order valence-electron chi connectivity index (χ0n) is 16.4. The van der Waals surface area contributed by atoms with Crippen molar-refractivity contribution < 1.29 is 9.53 Å². The summed E-state index contributed by atoms with van der Waals surface area (Å²) in [5.74, 6) is 1.09. The summed E-state index contributed by atoms with van der Waals surface area (Å²) in [6.45, 7) is 6.78. The van der Waals surface area contributed by atoms with Gasteiger partial charge in [0.2, 0.25) is 0 Å². The number of hydrogen-bond donors (Lipinski definition) is 1. The van der Waals surface area contributed by atoms with Crippen molar-refractivity contribution in [3.63, 3.8) is 0 Å². The summed E-state index contributed by atoms with van der Waals surface area (Å²) in [4.78, 5) is 25.5. The second-order valence-corrected chi connectivity index (χ2v) is 8.07. The first-order valence-corrected chi connectivity index (χ1v) is 10.8. The Kier molecular flexibility index (Phi) is 7.46. The van der Waals surface area contributed by atoms with Gasteiger partial charge in [0.15, 0.2) is 5.96 Å². The molecule has 7 nitrogen and oxygen atoms in total. The van der Waals surface area contributed by atoms with Crippen LogP contribution in [-0.4, -0.2) is 79.1 Å². The monoisotopic (exact) mass is 393 g/mol. The fourth-order valence-electron chi connectivity index (χ4n) is 3.57. The molecule has 27 heavy (non-hydrogen) atoms. The number of carbonyl (C=O) groups excluding carboxylic acids is 1. The molecule has 1 aromatic rings. The van der Waals surface area contributed by atoms with Crippen molar-refractivity contribution in [1.82, 2.24) is 20.1 Å². The largest absolute Gasteiger partial charge is 0.368 e. The van der Waals surface area contributed by atoms with Crippen LogP contribution in [0.4, 0.5) is 0 Å². The molecule has 3 rings (SSSR count). The van der Waals surface area contributed by atoms with Gasteiger partial charge in [-0.05, 0) is 39.0 Å². The fraction of sp³-hybridized carbons (Fsp3) is 0.737. The fourth-order valence-corrected chi connectivity index (χ4v) is 4.38. The summed E-state index contributed by atoms with van der Waals surface area (Å²) in [6, 6.07) is 0. The smallest absolute Gasteiger partial charge is 0.251 e. The third kappa shape index (κ3) is 5.65. The molecule has 0 radical (unpaired) electrons. The Morgan fingerprint density at radius 1 is 1.33 bits per heavy atom. The van der Waals surface area contributed by atoms with E-state index in [2.05, 4.69) is 25.6 Å². The van der Waals surface area contributed by atoms with Crippen LogP contribution < -0.4 is 5.32 Å². The first kappa shape index (κ1) is 20.1. The van der Waals surface area contributed by atoms with Crippen LogP contribution in [0.25, 0.3) is 0 Å². The summed E-state index contributed by atoms with van der Waals surface area (Å²) < 4.78 is 5.53. The van der Waals surface area contributed by atoms with Crippen molar-refractivity contribution in [3.05, 3.63) is 16.1 Å². The number of rotatable bonds is 6. The summed E-state index contributed by atoms with van der Waals surface area (Å²) in [5, 5.41) is 6.80. The molecule has 2 fully saturated rings. The number of amides is 1. The van der Waals surface area contributed by atoms with Gasteiger partial charge in [-0.3, -0.25) is 9.79 Å². The number of carbonyl (C=O) groups is 1. The summed E-state index contributed by atoms with van der Waals surface area (Å²) >= 11 is 1.75. The maximum Gasteiger partial charge on any atom is 0.251 e. The number of aliphatic imine (C=N–C) groups is 1. The molecule has 1 aromatic heterocycles. The molecule has 2 aliphatic heterocycles. The van der Waals surface area contributed by atoms with E-state index in [9.17, 15) is 4.79 Å². The Morgan fingerprint density at radius 2 is 2.11 bits per heavy atom. The quantitative estimate of drug-likeness (QED) is 0.452. The minimum atomic E-state index is -0.212. The van der Waals surface area contributed by atoms with Gasteiger partial charge in [-0.25, -0.2) is 4.98 Å². The third-order valence-corrected chi connectivity index (χ3v) is 6.10. The van der Waals surface area contributed by atoms with Crippen molar-refractivity contribution in [1.29, 1.82) is 0 Å². The van der Waals surface area contributed by atoms with Gasteiger partial charge in [-0.2, -0.15) is 0 Å². The highest BCUT2D eigenvalue weighted by Crippen LogP contribution is 2.16. The molecule has 3 heterocycles. The first-order chi connectivity index (χ1) is 13.2. The normalized spacial score (nSPS) is 21.0. The average molecular weight is 394 g/mol. The van der Waals surface area contributed by atoms with E-state index < -0.39 is 0 Å². The molecule has 150 valence electrons. The zero-order valence-corrected chi connectivity index (χ0v) is 17.3. The second kappa shape index (κ2) is 10.0. The summed E-state index contributed by atoms with van der Waals surface area (Å²) in [5.41, 5.74) is 1.12. The Bertz CT molecular complexity index is 634. The minimum absolute atomic E-state index is 0.160. The molecule has 0 saturated carbocycles. The first-order valence-electron chi connectivity index (χ1n) is 9.94. The second-order valence-electron chi connectivity index (χ2n) is 7.13. The molecule has 2 aliphatic rings. The van der Waals surface area contributed by atoms with E-state index in [-0.39, 0.29) is 12.0 Å². The number of unbranched alkanes of at least 4 members (excludes halogenated alkanes) is 1. The maximum absolute atomic E-state index is 12.4. The van der Waals surface area contributed by atoms with E-state index in [0.717, 1.165) is 83.1 Å². The van der Waals surface area contributed by atoms with E-state index in [1.807, 2.05) is 18.9 Å². The zero-order chi connectivity index (χ0) is 19.1. The summed E-state index contributed by atoms with van der Waals surface area (Å²) in [6.07, 6.45) is 4.91. The van der Waals surface area contributed by atoms with Gasteiger partial charge in [0, 0.05) is 57.5 Å². The van der Waals surface area contributed by atoms with Gasteiger partial charge in [-0.1, -0.05) is 0 Å². The van der Waals surface area contributed by atoms with Crippen molar-refractivity contribution in [2.75, 3.05) is 46.4 Å². The number of ether oxygens (including phenoxy) is 1. The molecule has 1 unspecified atom stereocenters. The molecular formula is C19H31N5O2S. The molecule has 1 amide bonds. The number of hydrogen-bond acceptors (Lipinski definition) is 5. The van der Waals surface area contributed by atoms with Crippen molar-refractivity contribution in [2.24, 2.45) is 4.99 Å². The van der Waals surface area contributed by atoms with Crippen molar-refractivity contribution in [3.8, 4) is 0 Å². The minimum Gasteiger partial charge on any atom is -0.368 e. The van der Waals surface area contributed by atoms with Crippen LogP contribution in [0.15, 0.2) is 10.4 Å². The molecular weight excluding hydrogens is 362 g/mol. The lowest BCUT2D eigenvalue weighted by molar-refractivity contribution is -0.142. The average Bonchev–Trinajstić information content (AvgIpc) is 3.36. The number of aromatic nitrogens is 1. The van der Waals surface area contributed by atoms with Crippen LogP contribution in [0, 0.1) is 6.92 Å². The maximum atomic E-state index is 12.4. The highest BCUT2D eigenvalue weighted by atomic mass is 32.1. The highest BCUT2D eigenvalue weighted by Gasteiger charge is 2.30. The Hall–Kier alpha value is -1.67. The molecule has 1 atom stereocenters. The van der Waals surface area contributed by atoms with Crippen LogP contribution >= 0.6 is 11.3 Å². The van der Waals surface area contributed by atoms with Crippen LogP contribution in [0.5, 0.6) is 0 Å². The number of nitrogens with zero attached hydrogens (tertiary/aromatic N) is 4. The Morgan fingerprint density at radius 3 is 2.74 bits per heavy atom. The lowest BCUT2D eigenvalue weighted by Gasteiger charge is -2.37. The van der Waals surface area contributed by atoms with Gasteiger partial charge in [0.25, 0.3) is 5.91 Å². The number of guanidine groups is 1. The van der Waals surface area contributed by atoms with Crippen LogP contribution in [0.1, 0.15) is 36.4 Å². The van der Waals surface area contributed by atoms with Crippen molar-refractivity contribution >= 4 is 23.2 Å². The number of nitrogens with one attached hydrogen (secondary N) is 1. The number of piperazine rings is 1. The van der Waals surface area contributed by atoms with Gasteiger partial charge in [0.05, 0.1) is 5.01 Å². The standard InChI is InChI=1S/C19H31N5O2S/c1-15-14-27-17(22-15)7-3-4-8-21-19(20-2)24-11-9-23(10-12-24)18(25)16-6-5-13-26-16/h14,16H,3-13H2,1-2H3,(H,20,21). The van der Waals surface area contributed by atoms with Gasteiger partial charge in [0.1, 0.15) is 6.10 Å². The number of aryl methyl sites for hydroxylation is 2. The SMILES string of the molecule is CN=C(NCCCCc1nc(C)cs1)N1CCN(C(=O)C2CCCO2)CC1. The molecule has 0 spiro atoms. The van der Waals surface area contributed by atoms with Gasteiger partial charge >= 0.3 is 0 Å². The van der Waals surface area contributed by atoms with Crippen LogP contribution in [-0.2, 0) is 16.0 Å². The third-order valence-electron chi connectivity index (χ3n) is 5.07. The lowest BCUT2D eigenvalue weighted by atomic mass is 10.2. The van der Waals surface area contributed by atoms with Crippen LogP contribution in [0.2, 0.25) is 0 Å². The molecule has 0 aromatic carbocycles. The van der Waals surface area contributed by atoms with Crippen LogP contribution in [0.3, 0.4) is 0 Å². The molecule has 0 aliphatic carbocycles. The lowest BCUT2D eigenvalue weighted by Crippen LogP contribution is -2.55. The molecule has 0 bridgehead atoms. The molecule has 2 saturated heterocycles. The predicted octanol–water partition coefficient (Wildman–Crippen LogP) is 1.67. The van der Waals surface area contributed by atoms with Crippen molar-refractivity contribution in [2.45, 2.75) is 45.1 Å². The van der Waals surface area contributed by atoms with E-state index in [1.165, 1.54) is 5.01 Å². The predicted molar refractivity (Wildman–Crippen MR) is 108 cm³/mol. The molecule has 8 heteroatoms. The topological polar surface area (TPSA) is 70.1 Å². The van der Waals surface area contributed by atoms with Gasteiger partial charge < -0.3 is 19.9 Å². The van der Waals surface area contributed by atoms with E-state index in [4.69, 9.17) is 4.74 Å². The summed E-state index contributed by atoms with van der Waals surface area (Å²) in [7, 11) is 1.82. The molecule has 1 N–H and O–H groups in total. The van der Waals surface area contributed by atoms with E-state index in [0.29, 0.717) is 0 Å². The highest BCUT2D eigenvalue weighted by molar-refractivity contribution is 7.09. The Balaban J connectivity index is 1.34.